The third-order valence-electron chi connectivity index (χ3n) is 4.30. The Morgan fingerprint density at radius 2 is 2.04 bits per heavy atom. The van der Waals surface area contributed by atoms with Gasteiger partial charge >= 0.3 is 0 Å². The van der Waals surface area contributed by atoms with Crippen molar-refractivity contribution in [2.75, 3.05) is 13.1 Å². The topological polar surface area (TPSA) is 98.2 Å². The lowest BCUT2D eigenvalue weighted by atomic mass is 9.93. The lowest BCUT2D eigenvalue weighted by molar-refractivity contribution is 0.0664. The number of carbonyl (C=O) groups excluding carboxylic acids is 1. The Morgan fingerprint density at radius 3 is 2.76 bits per heavy atom. The van der Waals surface area contributed by atoms with E-state index in [9.17, 15) is 4.79 Å². The molecule has 0 radical (unpaired) electrons. The molecule has 130 valence electrons. The highest BCUT2D eigenvalue weighted by Gasteiger charge is 2.31. The second-order valence-corrected chi connectivity index (χ2v) is 7.00. The molecule has 0 aromatic carbocycles. The number of likely N-dealkylation sites (tertiary alicyclic amines) is 1. The summed E-state index contributed by atoms with van der Waals surface area (Å²) in [5.41, 5.74) is 2.38. The molecule has 0 saturated carbocycles. The SMILES string of the molecule is Cc1cc(C(=O)N2CCC[C@@H](c3nnsc3-c3cc(C)no3)C2)on1. The number of carbonyl (C=O) groups is 1. The summed E-state index contributed by atoms with van der Waals surface area (Å²) in [6.45, 7) is 4.95. The Morgan fingerprint density at radius 1 is 1.24 bits per heavy atom. The first-order valence-electron chi connectivity index (χ1n) is 8.10. The molecule has 1 amide bonds. The first-order valence-corrected chi connectivity index (χ1v) is 8.87. The Balaban J connectivity index is 1.56. The van der Waals surface area contributed by atoms with E-state index in [1.165, 1.54) is 11.5 Å². The van der Waals surface area contributed by atoms with Crippen LogP contribution < -0.4 is 0 Å². The van der Waals surface area contributed by atoms with Crippen molar-refractivity contribution in [1.29, 1.82) is 0 Å². The number of nitrogens with zero attached hydrogens (tertiary/aromatic N) is 5. The monoisotopic (exact) mass is 359 g/mol. The largest absolute Gasteiger partial charge is 0.355 e. The van der Waals surface area contributed by atoms with Crippen LogP contribution in [0.25, 0.3) is 10.6 Å². The Bertz CT molecular complexity index is 899. The van der Waals surface area contributed by atoms with E-state index >= 15 is 0 Å². The van der Waals surface area contributed by atoms with E-state index in [4.69, 9.17) is 9.05 Å². The van der Waals surface area contributed by atoms with Crippen LogP contribution in [0.15, 0.2) is 21.2 Å². The minimum Gasteiger partial charge on any atom is -0.355 e. The summed E-state index contributed by atoms with van der Waals surface area (Å²) in [5.74, 6) is 0.934. The van der Waals surface area contributed by atoms with Crippen LogP contribution in [0.1, 0.15) is 46.4 Å². The summed E-state index contributed by atoms with van der Waals surface area (Å²) < 4.78 is 14.6. The maximum atomic E-state index is 12.6. The average Bonchev–Trinajstić information content (AvgIpc) is 3.34. The van der Waals surface area contributed by atoms with Gasteiger partial charge in [0.1, 0.15) is 4.88 Å². The van der Waals surface area contributed by atoms with Crippen molar-refractivity contribution >= 4 is 17.4 Å². The van der Waals surface area contributed by atoms with E-state index in [0.29, 0.717) is 24.5 Å². The Labute approximate surface area is 148 Å². The molecule has 4 heterocycles. The van der Waals surface area contributed by atoms with Crippen LogP contribution in [-0.4, -0.2) is 43.8 Å². The highest BCUT2D eigenvalue weighted by Crippen LogP contribution is 2.35. The molecule has 4 rings (SSSR count). The van der Waals surface area contributed by atoms with Gasteiger partial charge in [-0.05, 0) is 38.2 Å². The van der Waals surface area contributed by atoms with Crippen molar-refractivity contribution in [2.45, 2.75) is 32.6 Å². The van der Waals surface area contributed by atoms with Crippen molar-refractivity contribution in [2.24, 2.45) is 0 Å². The molecule has 1 atom stereocenters. The zero-order valence-corrected chi connectivity index (χ0v) is 14.7. The normalized spacial score (nSPS) is 17.8. The zero-order chi connectivity index (χ0) is 17.4. The summed E-state index contributed by atoms with van der Waals surface area (Å²) in [5, 5.41) is 12.0. The fraction of sp³-hybridized carbons (Fsp3) is 0.438. The summed E-state index contributed by atoms with van der Waals surface area (Å²) in [4.78, 5) is 15.3. The number of aromatic nitrogens is 4. The molecule has 3 aromatic heterocycles. The summed E-state index contributed by atoms with van der Waals surface area (Å²) in [6.07, 6.45) is 1.85. The van der Waals surface area contributed by atoms with Crippen molar-refractivity contribution in [1.82, 2.24) is 24.8 Å². The first-order chi connectivity index (χ1) is 12.1. The van der Waals surface area contributed by atoms with Gasteiger partial charge in [0.25, 0.3) is 5.91 Å². The lowest BCUT2D eigenvalue weighted by Gasteiger charge is -2.31. The van der Waals surface area contributed by atoms with Gasteiger partial charge in [0.15, 0.2) is 5.76 Å². The van der Waals surface area contributed by atoms with Crippen molar-refractivity contribution in [3.8, 4) is 10.6 Å². The fourth-order valence-corrected chi connectivity index (χ4v) is 3.81. The van der Waals surface area contributed by atoms with Gasteiger partial charge in [0, 0.05) is 31.1 Å². The van der Waals surface area contributed by atoms with Gasteiger partial charge in [0.05, 0.1) is 17.1 Å². The van der Waals surface area contributed by atoms with Gasteiger partial charge in [-0.25, -0.2) is 0 Å². The number of piperidine rings is 1. The highest BCUT2D eigenvalue weighted by molar-refractivity contribution is 7.09. The molecule has 25 heavy (non-hydrogen) atoms. The molecular weight excluding hydrogens is 342 g/mol. The third-order valence-corrected chi connectivity index (χ3v) is 5.06. The van der Waals surface area contributed by atoms with Crippen LogP contribution in [-0.2, 0) is 0 Å². The fourth-order valence-electron chi connectivity index (χ4n) is 3.11. The van der Waals surface area contributed by atoms with Gasteiger partial charge in [0.2, 0.25) is 5.76 Å². The molecule has 0 unspecified atom stereocenters. The van der Waals surface area contributed by atoms with Crippen LogP contribution in [0, 0.1) is 13.8 Å². The van der Waals surface area contributed by atoms with Gasteiger partial charge in [-0.15, -0.1) is 5.10 Å². The molecule has 8 nitrogen and oxygen atoms in total. The molecule has 0 N–H and O–H groups in total. The number of aryl methyl sites for hydroxylation is 2. The van der Waals surface area contributed by atoms with E-state index in [2.05, 4.69) is 19.9 Å². The van der Waals surface area contributed by atoms with Crippen molar-refractivity contribution < 1.29 is 13.8 Å². The van der Waals surface area contributed by atoms with Crippen LogP contribution in [0.3, 0.4) is 0 Å². The van der Waals surface area contributed by atoms with Gasteiger partial charge in [-0.2, -0.15) is 0 Å². The minimum atomic E-state index is -0.134. The predicted octanol–water partition coefficient (Wildman–Crippen LogP) is 2.82. The lowest BCUT2D eigenvalue weighted by Crippen LogP contribution is -2.39. The minimum absolute atomic E-state index is 0.112. The van der Waals surface area contributed by atoms with E-state index in [1.807, 2.05) is 13.0 Å². The molecule has 1 saturated heterocycles. The smallest absolute Gasteiger partial charge is 0.292 e. The molecule has 1 aliphatic rings. The maximum absolute atomic E-state index is 12.6. The van der Waals surface area contributed by atoms with E-state index in [1.54, 1.807) is 17.9 Å². The first kappa shape index (κ1) is 15.9. The molecule has 0 spiro atoms. The van der Waals surface area contributed by atoms with E-state index in [-0.39, 0.29) is 17.6 Å². The van der Waals surface area contributed by atoms with Crippen LogP contribution >= 0.6 is 11.5 Å². The van der Waals surface area contributed by atoms with E-state index < -0.39 is 0 Å². The molecule has 1 aliphatic heterocycles. The number of hydrogen-bond donors (Lipinski definition) is 0. The summed E-state index contributed by atoms with van der Waals surface area (Å²) in [6, 6.07) is 3.54. The number of rotatable bonds is 3. The standard InChI is InChI=1S/C16H17N5O3S/c1-9-6-12(23-18-9)15-14(17-20-25-15)11-4-3-5-21(8-11)16(22)13-7-10(2)19-24-13/h6-7,11H,3-5,8H2,1-2H3/t11-/m1/s1. The van der Waals surface area contributed by atoms with E-state index in [0.717, 1.165) is 29.1 Å². The van der Waals surface area contributed by atoms with Crippen LogP contribution in [0.2, 0.25) is 0 Å². The number of hydrogen-bond acceptors (Lipinski definition) is 8. The van der Waals surface area contributed by atoms with Crippen LogP contribution in [0.4, 0.5) is 0 Å². The summed E-state index contributed by atoms with van der Waals surface area (Å²) in [7, 11) is 0. The van der Waals surface area contributed by atoms with Gasteiger partial charge in [-0.1, -0.05) is 14.8 Å². The third kappa shape index (κ3) is 3.07. The Hall–Kier alpha value is -2.55. The van der Waals surface area contributed by atoms with Crippen LogP contribution in [0.5, 0.6) is 0 Å². The van der Waals surface area contributed by atoms with Crippen molar-refractivity contribution in [3.63, 3.8) is 0 Å². The summed E-state index contributed by atoms with van der Waals surface area (Å²) >= 11 is 1.29. The second kappa shape index (κ2) is 6.40. The molecule has 9 heteroatoms. The van der Waals surface area contributed by atoms with Crippen molar-refractivity contribution in [3.05, 3.63) is 35.0 Å². The second-order valence-electron chi connectivity index (χ2n) is 6.24. The number of amides is 1. The highest BCUT2D eigenvalue weighted by atomic mass is 32.1. The quantitative estimate of drug-likeness (QED) is 0.709. The molecule has 3 aromatic rings. The Kier molecular flexibility index (Phi) is 4.08. The zero-order valence-electron chi connectivity index (χ0n) is 13.9. The maximum Gasteiger partial charge on any atom is 0.292 e. The molecule has 0 bridgehead atoms. The molecule has 0 aliphatic carbocycles. The van der Waals surface area contributed by atoms with Gasteiger partial charge in [-0.3, -0.25) is 4.79 Å². The molecule has 1 fully saturated rings. The average molecular weight is 359 g/mol. The molecular formula is C16H17N5O3S. The predicted molar refractivity (Wildman–Crippen MR) is 89.3 cm³/mol. The van der Waals surface area contributed by atoms with Gasteiger partial charge < -0.3 is 13.9 Å².